The Balaban J connectivity index is 1.36. The van der Waals surface area contributed by atoms with Crippen molar-refractivity contribution in [3.05, 3.63) is 48.0 Å². The van der Waals surface area contributed by atoms with E-state index in [2.05, 4.69) is 25.2 Å². The van der Waals surface area contributed by atoms with E-state index < -0.39 is 0 Å². The smallest absolute Gasteiger partial charge is 0.270 e. The molecule has 0 bridgehead atoms. The van der Waals surface area contributed by atoms with E-state index >= 15 is 0 Å². The maximum atomic E-state index is 12.9. The van der Waals surface area contributed by atoms with Gasteiger partial charge in [-0.05, 0) is 31.0 Å². The molecule has 8 nitrogen and oxygen atoms in total. The van der Waals surface area contributed by atoms with Crippen molar-refractivity contribution in [1.82, 2.24) is 25.2 Å². The fourth-order valence-corrected chi connectivity index (χ4v) is 3.94. The molecule has 0 radical (unpaired) electrons. The average Bonchev–Trinajstić information content (AvgIpc) is 2.80. The van der Waals surface area contributed by atoms with E-state index in [1.807, 2.05) is 0 Å². The molecule has 2 aromatic heterocycles. The van der Waals surface area contributed by atoms with Gasteiger partial charge in [-0.15, -0.1) is 0 Å². The highest BCUT2D eigenvalue weighted by atomic mass is 16.2. The molecule has 152 valence electrons. The largest absolute Gasteiger partial charge is 0.348 e. The summed E-state index contributed by atoms with van der Waals surface area (Å²) >= 11 is 0. The van der Waals surface area contributed by atoms with Gasteiger partial charge in [0.1, 0.15) is 5.69 Å². The first-order chi connectivity index (χ1) is 14.2. The Hall–Kier alpha value is -3.03. The van der Waals surface area contributed by atoms with Gasteiger partial charge in [0.05, 0.1) is 0 Å². The molecule has 2 amide bonds. The van der Waals surface area contributed by atoms with E-state index in [4.69, 9.17) is 0 Å². The monoisotopic (exact) mass is 394 g/mol. The van der Waals surface area contributed by atoms with Crippen molar-refractivity contribution < 1.29 is 9.59 Å². The van der Waals surface area contributed by atoms with Gasteiger partial charge in [-0.2, -0.15) is 0 Å². The van der Waals surface area contributed by atoms with Crippen molar-refractivity contribution in [3.63, 3.8) is 0 Å². The lowest BCUT2D eigenvalue weighted by Crippen LogP contribution is -2.49. The van der Waals surface area contributed by atoms with Crippen LogP contribution in [0.25, 0.3) is 0 Å². The number of amides is 2. The standard InChI is InChI=1S/C21H26N6O2/c28-19(25-17-5-2-1-3-6-17)18-15-16(7-10-22-18)20(29)26-11-13-27(14-12-26)21-23-8-4-9-24-21/h4,7-10,15,17H,1-3,5-6,11-14H2,(H,25,28). The zero-order valence-corrected chi connectivity index (χ0v) is 16.5. The Morgan fingerprint density at radius 1 is 0.931 bits per heavy atom. The summed E-state index contributed by atoms with van der Waals surface area (Å²) in [7, 11) is 0. The second-order valence-electron chi connectivity index (χ2n) is 7.57. The van der Waals surface area contributed by atoms with E-state index in [9.17, 15) is 9.59 Å². The molecule has 29 heavy (non-hydrogen) atoms. The number of nitrogens with zero attached hydrogens (tertiary/aromatic N) is 5. The fourth-order valence-electron chi connectivity index (χ4n) is 3.94. The van der Waals surface area contributed by atoms with Crippen LogP contribution in [0.3, 0.4) is 0 Å². The van der Waals surface area contributed by atoms with Gasteiger partial charge >= 0.3 is 0 Å². The first kappa shape index (κ1) is 19.3. The first-order valence-electron chi connectivity index (χ1n) is 10.3. The van der Waals surface area contributed by atoms with Crippen molar-refractivity contribution in [2.24, 2.45) is 0 Å². The third-order valence-corrected chi connectivity index (χ3v) is 5.58. The molecule has 0 unspecified atom stereocenters. The normalized spacial score (nSPS) is 17.8. The second-order valence-corrected chi connectivity index (χ2v) is 7.57. The Kier molecular flexibility index (Phi) is 5.97. The lowest BCUT2D eigenvalue weighted by Gasteiger charge is -2.34. The second kappa shape index (κ2) is 8.98. The van der Waals surface area contributed by atoms with Crippen LogP contribution in [0.1, 0.15) is 53.0 Å². The number of pyridine rings is 1. The predicted molar refractivity (Wildman–Crippen MR) is 109 cm³/mol. The minimum Gasteiger partial charge on any atom is -0.348 e. The van der Waals surface area contributed by atoms with Crippen molar-refractivity contribution in [1.29, 1.82) is 0 Å². The van der Waals surface area contributed by atoms with Crippen LogP contribution in [0.15, 0.2) is 36.8 Å². The molecule has 0 aromatic carbocycles. The van der Waals surface area contributed by atoms with E-state index in [0.29, 0.717) is 43.4 Å². The number of anilines is 1. The van der Waals surface area contributed by atoms with Crippen molar-refractivity contribution in [2.45, 2.75) is 38.1 Å². The third kappa shape index (κ3) is 4.70. The van der Waals surface area contributed by atoms with Crippen LogP contribution < -0.4 is 10.2 Å². The molecule has 1 N–H and O–H groups in total. The first-order valence-corrected chi connectivity index (χ1v) is 10.3. The van der Waals surface area contributed by atoms with Crippen molar-refractivity contribution >= 4 is 17.8 Å². The van der Waals surface area contributed by atoms with Gasteiger partial charge in [0.2, 0.25) is 5.95 Å². The number of hydrogen-bond acceptors (Lipinski definition) is 6. The minimum atomic E-state index is -0.197. The molecule has 2 fully saturated rings. The maximum Gasteiger partial charge on any atom is 0.270 e. The minimum absolute atomic E-state index is 0.0762. The Bertz CT molecular complexity index is 845. The van der Waals surface area contributed by atoms with Crippen LogP contribution in [0.2, 0.25) is 0 Å². The number of rotatable bonds is 4. The molecule has 0 spiro atoms. The number of aromatic nitrogens is 3. The highest BCUT2D eigenvalue weighted by Gasteiger charge is 2.24. The SMILES string of the molecule is O=C(NC1CCCCC1)c1cc(C(=O)N2CCN(c3ncccn3)CC2)ccn1. The lowest BCUT2D eigenvalue weighted by molar-refractivity contribution is 0.0746. The highest BCUT2D eigenvalue weighted by Crippen LogP contribution is 2.18. The quantitative estimate of drug-likeness (QED) is 0.852. The molecule has 1 aliphatic heterocycles. The summed E-state index contributed by atoms with van der Waals surface area (Å²) in [5.74, 6) is 0.413. The maximum absolute atomic E-state index is 12.9. The van der Waals surface area contributed by atoms with Crippen LogP contribution in [-0.4, -0.2) is 63.9 Å². The number of carbonyl (C=O) groups is 2. The fraction of sp³-hybridized carbons (Fsp3) is 0.476. The molecule has 2 aromatic rings. The van der Waals surface area contributed by atoms with E-state index in [1.54, 1.807) is 35.5 Å². The van der Waals surface area contributed by atoms with Gasteiger partial charge in [-0.1, -0.05) is 19.3 Å². The number of hydrogen-bond donors (Lipinski definition) is 1. The third-order valence-electron chi connectivity index (χ3n) is 5.58. The number of piperazine rings is 1. The van der Waals surface area contributed by atoms with Crippen LogP contribution in [0.4, 0.5) is 5.95 Å². The molecule has 3 heterocycles. The zero-order chi connectivity index (χ0) is 20.1. The molecule has 4 rings (SSSR count). The van der Waals surface area contributed by atoms with Crippen molar-refractivity contribution in [2.75, 3.05) is 31.1 Å². The van der Waals surface area contributed by atoms with Crippen LogP contribution in [-0.2, 0) is 0 Å². The zero-order valence-electron chi connectivity index (χ0n) is 16.5. The summed E-state index contributed by atoms with van der Waals surface area (Å²) in [5.41, 5.74) is 0.802. The summed E-state index contributed by atoms with van der Waals surface area (Å²) in [6.07, 6.45) is 10.5. The molecule has 1 saturated heterocycles. The van der Waals surface area contributed by atoms with Gasteiger partial charge in [0, 0.05) is 56.4 Å². The molecule has 0 atom stereocenters. The van der Waals surface area contributed by atoms with Crippen LogP contribution in [0.5, 0.6) is 0 Å². The predicted octanol–water partition coefficient (Wildman–Crippen LogP) is 1.90. The highest BCUT2D eigenvalue weighted by molar-refractivity contribution is 5.98. The van der Waals surface area contributed by atoms with Crippen LogP contribution >= 0.6 is 0 Å². The lowest BCUT2D eigenvalue weighted by atomic mass is 9.95. The number of carbonyl (C=O) groups excluding carboxylic acids is 2. The van der Waals surface area contributed by atoms with Gasteiger partial charge in [-0.25, -0.2) is 9.97 Å². The van der Waals surface area contributed by atoms with Crippen molar-refractivity contribution in [3.8, 4) is 0 Å². The summed E-state index contributed by atoms with van der Waals surface area (Å²) in [6, 6.07) is 5.28. The van der Waals surface area contributed by atoms with Gasteiger partial charge in [0.15, 0.2) is 0 Å². The summed E-state index contributed by atoms with van der Waals surface area (Å²) in [6.45, 7) is 2.53. The van der Waals surface area contributed by atoms with Crippen LogP contribution in [0, 0.1) is 0 Å². The molecule has 1 saturated carbocycles. The molecule has 8 heteroatoms. The van der Waals surface area contributed by atoms with Gasteiger partial charge in [-0.3, -0.25) is 14.6 Å². The summed E-state index contributed by atoms with van der Waals surface area (Å²) < 4.78 is 0. The Morgan fingerprint density at radius 3 is 2.38 bits per heavy atom. The van der Waals surface area contributed by atoms with E-state index in [1.165, 1.54) is 12.6 Å². The van der Waals surface area contributed by atoms with E-state index in [0.717, 1.165) is 25.7 Å². The topological polar surface area (TPSA) is 91.3 Å². The summed E-state index contributed by atoms with van der Waals surface area (Å²) in [4.78, 5) is 42.1. The number of nitrogens with one attached hydrogen (secondary N) is 1. The Labute approximate surface area is 170 Å². The Morgan fingerprint density at radius 2 is 1.66 bits per heavy atom. The summed E-state index contributed by atoms with van der Waals surface area (Å²) in [5, 5.41) is 3.06. The molecule has 2 aliphatic rings. The molecular weight excluding hydrogens is 368 g/mol. The van der Waals surface area contributed by atoms with Gasteiger partial charge in [0.25, 0.3) is 11.8 Å². The molecule has 1 aliphatic carbocycles. The van der Waals surface area contributed by atoms with E-state index in [-0.39, 0.29) is 17.9 Å². The average molecular weight is 394 g/mol. The van der Waals surface area contributed by atoms with Gasteiger partial charge < -0.3 is 15.1 Å². The molecular formula is C21H26N6O2.